The molecule has 0 fully saturated rings. The Labute approximate surface area is 126 Å². The van der Waals surface area contributed by atoms with Crippen LogP contribution in [0, 0.1) is 5.82 Å². The van der Waals surface area contributed by atoms with E-state index in [1.807, 2.05) is 0 Å². The summed E-state index contributed by atoms with van der Waals surface area (Å²) in [6, 6.07) is 8.76. The molecule has 2 aromatic carbocycles. The summed E-state index contributed by atoms with van der Waals surface area (Å²) in [5.74, 6) is -0.866. The van der Waals surface area contributed by atoms with Crippen LogP contribution in [0.2, 0.25) is 5.02 Å². The summed E-state index contributed by atoms with van der Waals surface area (Å²) < 4.78 is 18.3. The van der Waals surface area contributed by atoms with Crippen LogP contribution >= 0.6 is 11.6 Å². The van der Waals surface area contributed by atoms with Crippen LogP contribution in [0.5, 0.6) is 5.75 Å². The minimum Gasteiger partial charge on any atom is -0.494 e. The largest absolute Gasteiger partial charge is 0.494 e. The van der Waals surface area contributed by atoms with Crippen LogP contribution in [-0.2, 0) is 0 Å². The lowest BCUT2D eigenvalue weighted by atomic mass is 10.1. The van der Waals surface area contributed by atoms with Gasteiger partial charge in [-0.15, -0.1) is 0 Å². The van der Waals surface area contributed by atoms with E-state index in [2.05, 4.69) is 0 Å². The van der Waals surface area contributed by atoms with Gasteiger partial charge in [-0.05, 0) is 36.4 Å². The molecule has 0 aromatic heterocycles. The van der Waals surface area contributed by atoms with Crippen molar-refractivity contribution in [1.82, 2.24) is 0 Å². The first-order valence-corrected chi connectivity index (χ1v) is 6.48. The van der Waals surface area contributed by atoms with Gasteiger partial charge in [-0.3, -0.25) is 4.79 Å². The fraction of sp³-hybridized carbons (Fsp3) is 0.133. The fourth-order valence-corrected chi connectivity index (χ4v) is 2.07. The molecule has 110 valence electrons. The molecule has 2 aromatic rings. The molecule has 0 radical (unpaired) electrons. The molecular formula is C15H14ClFN2O2. The van der Waals surface area contributed by atoms with Crippen LogP contribution in [0.4, 0.5) is 15.8 Å². The van der Waals surface area contributed by atoms with E-state index in [0.717, 1.165) is 0 Å². The van der Waals surface area contributed by atoms with Gasteiger partial charge in [0.15, 0.2) is 11.6 Å². The van der Waals surface area contributed by atoms with E-state index >= 15 is 0 Å². The summed E-state index contributed by atoms with van der Waals surface area (Å²) >= 11 is 5.92. The van der Waals surface area contributed by atoms with E-state index in [0.29, 0.717) is 16.4 Å². The number of hydrogen-bond acceptors (Lipinski definition) is 3. The van der Waals surface area contributed by atoms with E-state index in [4.69, 9.17) is 22.1 Å². The number of halogens is 2. The van der Waals surface area contributed by atoms with Crippen molar-refractivity contribution in [2.75, 3.05) is 24.8 Å². The zero-order valence-electron chi connectivity index (χ0n) is 11.6. The number of ether oxygens (including phenoxy) is 1. The number of rotatable bonds is 3. The van der Waals surface area contributed by atoms with Gasteiger partial charge in [0.2, 0.25) is 0 Å². The third-order valence-corrected chi connectivity index (χ3v) is 3.29. The minimum absolute atomic E-state index is 0.00770. The minimum atomic E-state index is -0.529. The molecule has 0 aliphatic rings. The van der Waals surface area contributed by atoms with Crippen molar-refractivity contribution in [2.45, 2.75) is 0 Å². The first-order chi connectivity index (χ1) is 9.93. The Kier molecular flexibility index (Phi) is 4.33. The monoisotopic (exact) mass is 308 g/mol. The number of nitrogens with two attached hydrogens (primary N) is 1. The van der Waals surface area contributed by atoms with E-state index in [1.165, 1.54) is 30.2 Å². The Bertz CT molecular complexity index is 691. The van der Waals surface area contributed by atoms with Crippen LogP contribution in [0.1, 0.15) is 10.4 Å². The fourth-order valence-electron chi connectivity index (χ4n) is 1.90. The van der Waals surface area contributed by atoms with Gasteiger partial charge < -0.3 is 15.4 Å². The SMILES string of the molecule is COc1cc(C(=O)N(C)c2cc(Cl)ccc2N)ccc1F. The molecule has 0 saturated carbocycles. The van der Waals surface area contributed by atoms with Gasteiger partial charge in [0.25, 0.3) is 5.91 Å². The van der Waals surface area contributed by atoms with Crippen LogP contribution in [0.3, 0.4) is 0 Å². The van der Waals surface area contributed by atoms with E-state index in [-0.39, 0.29) is 17.2 Å². The molecule has 0 unspecified atom stereocenters. The number of carbonyl (C=O) groups is 1. The second kappa shape index (κ2) is 6.01. The molecule has 0 heterocycles. The number of nitrogens with zero attached hydrogens (tertiary/aromatic N) is 1. The Hall–Kier alpha value is -2.27. The highest BCUT2D eigenvalue weighted by Gasteiger charge is 2.17. The summed E-state index contributed by atoms with van der Waals surface area (Å²) in [6.45, 7) is 0. The molecule has 6 heteroatoms. The molecule has 0 aliphatic heterocycles. The molecular weight excluding hydrogens is 295 g/mol. The van der Waals surface area contributed by atoms with Crippen LogP contribution in [0.15, 0.2) is 36.4 Å². The molecule has 2 N–H and O–H groups in total. The number of hydrogen-bond donors (Lipinski definition) is 1. The summed E-state index contributed by atoms with van der Waals surface area (Å²) in [6.07, 6.45) is 0. The molecule has 2 rings (SSSR count). The molecule has 0 spiro atoms. The van der Waals surface area contributed by atoms with Crippen LogP contribution in [-0.4, -0.2) is 20.1 Å². The maximum absolute atomic E-state index is 13.4. The molecule has 0 bridgehead atoms. The Morgan fingerprint density at radius 2 is 2.00 bits per heavy atom. The lowest BCUT2D eigenvalue weighted by molar-refractivity contribution is 0.0992. The van der Waals surface area contributed by atoms with Crippen LogP contribution < -0.4 is 15.4 Å². The van der Waals surface area contributed by atoms with Crippen molar-refractivity contribution < 1.29 is 13.9 Å². The van der Waals surface area contributed by atoms with Gasteiger partial charge in [-0.25, -0.2) is 4.39 Å². The smallest absolute Gasteiger partial charge is 0.258 e. The van der Waals surface area contributed by atoms with Crippen molar-refractivity contribution >= 4 is 28.9 Å². The quantitative estimate of drug-likeness (QED) is 0.885. The topological polar surface area (TPSA) is 55.6 Å². The van der Waals surface area contributed by atoms with E-state index < -0.39 is 5.82 Å². The van der Waals surface area contributed by atoms with E-state index in [9.17, 15) is 9.18 Å². The van der Waals surface area contributed by atoms with Crippen molar-refractivity contribution in [3.05, 3.63) is 52.8 Å². The predicted molar refractivity (Wildman–Crippen MR) is 81.5 cm³/mol. The molecule has 1 amide bonds. The van der Waals surface area contributed by atoms with E-state index in [1.54, 1.807) is 25.2 Å². The highest BCUT2D eigenvalue weighted by atomic mass is 35.5. The zero-order chi connectivity index (χ0) is 15.6. The Morgan fingerprint density at radius 1 is 1.29 bits per heavy atom. The lowest BCUT2D eigenvalue weighted by Gasteiger charge is -2.20. The average molecular weight is 309 g/mol. The molecule has 0 aliphatic carbocycles. The van der Waals surface area contributed by atoms with Gasteiger partial charge in [0.05, 0.1) is 18.5 Å². The maximum atomic E-state index is 13.4. The molecule has 21 heavy (non-hydrogen) atoms. The lowest BCUT2D eigenvalue weighted by Crippen LogP contribution is -2.27. The summed E-state index contributed by atoms with van der Waals surface area (Å²) in [5, 5.41) is 0.468. The number of nitrogen functional groups attached to an aromatic ring is 1. The predicted octanol–water partition coefficient (Wildman–Crippen LogP) is 3.35. The van der Waals surface area contributed by atoms with Gasteiger partial charge >= 0.3 is 0 Å². The highest BCUT2D eigenvalue weighted by molar-refractivity contribution is 6.31. The van der Waals surface area contributed by atoms with Gasteiger partial charge in [-0.1, -0.05) is 11.6 Å². The second-order valence-electron chi connectivity index (χ2n) is 4.42. The van der Waals surface area contributed by atoms with Crippen molar-refractivity contribution in [3.8, 4) is 5.75 Å². The molecule has 0 atom stereocenters. The number of anilines is 2. The number of benzene rings is 2. The highest BCUT2D eigenvalue weighted by Crippen LogP contribution is 2.28. The summed E-state index contributed by atoms with van der Waals surface area (Å²) in [5.41, 5.74) is 7.04. The number of amides is 1. The number of carbonyl (C=O) groups excluding carboxylic acids is 1. The first kappa shape index (κ1) is 15.1. The first-order valence-electron chi connectivity index (χ1n) is 6.10. The van der Waals surface area contributed by atoms with Crippen molar-refractivity contribution in [1.29, 1.82) is 0 Å². The molecule has 0 saturated heterocycles. The Balaban J connectivity index is 2.37. The second-order valence-corrected chi connectivity index (χ2v) is 4.85. The van der Waals surface area contributed by atoms with Crippen molar-refractivity contribution in [2.24, 2.45) is 0 Å². The van der Waals surface area contributed by atoms with Gasteiger partial charge in [0, 0.05) is 17.6 Å². The normalized spacial score (nSPS) is 10.3. The maximum Gasteiger partial charge on any atom is 0.258 e. The van der Waals surface area contributed by atoms with Crippen LogP contribution in [0.25, 0.3) is 0 Å². The van der Waals surface area contributed by atoms with Crippen molar-refractivity contribution in [3.63, 3.8) is 0 Å². The third-order valence-electron chi connectivity index (χ3n) is 3.06. The van der Waals surface area contributed by atoms with Gasteiger partial charge in [-0.2, -0.15) is 0 Å². The van der Waals surface area contributed by atoms with Gasteiger partial charge in [0.1, 0.15) is 0 Å². The number of methoxy groups -OCH3 is 1. The molecule has 4 nitrogen and oxygen atoms in total. The summed E-state index contributed by atoms with van der Waals surface area (Å²) in [7, 11) is 2.91. The zero-order valence-corrected chi connectivity index (χ0v) is 12.3. The third kappa shape index (κ3) is 3.08. The Morgan fingerprint density at radius 3 is 2.67 bits per heavy atom. The standard InChI is InChI=1S/C15H14ClFN2O2/c1-19(13-8-10(16)4-6-12(13)18)15(20)9-3-5-11(17)14(7-9)21-2/h3-8H,18H2,1-2H3. The summed E-state index contributed by atoms with van der Waals surface area (Å²) in [4.78, 5) is 13.8. The average Bonchev–Trinajstić information content (AvgIpc) is 2.48.